The number of aromatic nitrogens is 2. The van der Waals surface area contributed by atoms with E-state index in [1.807, 2.05) is 29.2 Å². The monoisotopic (exact) mass is 435 g/mol. The van der Waals surface area contributed by atoms with Gasteiger partial charge in [0.15, 0.2) is 0 Å². The molecule has 0 aromatic carbocycles. The normalized spacial score (nSPS) is 18.6. The van der Waals surface area contributed by atoms with Crippen LogP contribution in [0.5, 0.6) is 0 Å². The van der Waals surface area contributed by atoms with Crippen molar-refractivity contribution in [3.05, 3.63) is 59.3 Å². The van der Waals surface area contributed by atoms with E-state index in [0.717, 1.165) is 24.1 Å². The van der Waals surface area contributed by atoms with Gasteiger partial charge in [-0.2, -0.15) is 0 Å². The molecule has 32 heavy (non-hydrogen) atoms. The second kappa shape index (κ2) is 10.1. The number of anilines is 1. The first-order valence-corrected chi connectivity index (χ1v) is 11.6. The minimum Gasteiger partial charge on any atom is -0.362 e. The molecule has 1 saturated carbocycles. The highest BCUT2D eigenvalue weighted by molar-refractivity contribution is 5.88. The molecule has 1 aliphatic carbocycles. The standard InChI is InChI=1S/C25H33N5O2/c1-18(2)27-10-3-4-24(31)29-13-9-22(17-29)30(16-19-5-6-19)23-14-21(15-28-25(23)32)20-7-11-26-12-8-20/h3-4,7-8,11-12,14-15,18-19,22,27H,5-6,9-10,13,16-17H2,1-2H3,(H,28,32)/b4-3+. The third-order valence-corrected chi connectivity index (χ3v) is 6.18. The van der Waals surface area contributed by atoms with E-state index in [1.54, 1.807) is 24.7 Å². The van der Waals surface area contributed by atoms with Gasteiger partial charge in [-0.15, -0.1) is 0 Å². The highest BCUT2D eigenvalue weighted by Gasteiger charge is 2.34. The van der Waals surface area contributed by atoms with E-state index in [4.69, 9.17) is 0 Å². The van der Waals surface area contributed by atoms with E-state index in [2.05, 4.69) is 34.0 Å². The number of carbonyl (C=O) groups excluding carboxylic acids is 1. The number of aromatic amines is 1. The number of likely N-dealkylation sites (tertiary alicyclic amines) is 1. The number of hydrogen-bond acceptors (Lipinski definition) is 5. The van der Waals surface area contributed by atoms with Gasteiger partial charge < -0.3 is 20.1 Å². The predicted octanol–water partition coefficient (Wildman–Crippen LogP) is 2.81. The topological polar surface area (TPSA) is 81.3 Å². The molecule has 0 radical (unpaired) electrons. The second-order valence-electron chi connectivity index (χ2n) is 9.13. The van der Waals surface area contributed by atoms with Crippen molar-refractivity contribution in [2.75, 3.05) is 31.1 Å². The number of hydrogen-bond donors (Lipinski definition) is 2. The Morgan fingerprint density at radius 3 is 2.78 bits per heavy atom. The summed E-state index contributed by atoms with van der Waals surface area (Å²) in [7, 11) is 0. The highest BCUT2D eigenvalue weighted by Crippen LogP contribution is 2.33. The van der Waals surface area contributed by atoms with Crippen LogP contribution in [-0.2, 0) is 4.79 Å². The zero-order valence-electron chi connectivity index (χ0n) is 19.0. The third kappa shape index (κ3) is 5.65. The number of carbonyl (C=O) groups is 1. The van der Waals surface area contributed by atoms with Crippen molar-refractivity contribution in [3.8, 4) is 11.1 Å². The molecule has 4 rings (SSSR count). The first-order chi connectivity index (χ1) is 15.5. The Morgan fingerprint density at radius 1 is 1.28 bits per heavy atom. The lowest BCUT2D eigenvalue weighted by atomic mass is 10.1. The third-order valence-electron chi connectivity index (χ3n) is 6.18. The molecule has 1 aliphatic heterocycles. The average molecular weight is 436 g/mol. The number of nitrogens with zero attached hydrogens (tertiary/aromatic N) is 3. The van der Waals surface area contributed by atoms with Crippen molar-refractivity contribution >= 4 is 11.6 Å². The molecule has 7 heteroatoms. The van der Waals surface area contributed by atoms with E-state index in [0.29, 0.717) is 37.3 Å². The van der Waals surface area contributed by atoms with Gasteiger partial charge in [-0.1, -0.05) is 19.9 Å². The summed E-state index contributed by atoms with van der Waals surface area (Å²) in [6, 6.07) is 6.41. The number of nitrogens with one attached hydrogen (secondary N) is 2. The van der Waals surface area contributed by atoms with Crippen LogP contribution >= 0.6 is 0 Å². The van der Waals surface area contributed by atoms with Crippen LogP contribution in [0.4, 0.5) is 5.69 Å². The molecule has 2 aliphatic rings. The maximum Gasteiger partial charge on any atom is 0.271 e. The maximum absolute atomic E-state index is 12.8. The minimum absolute atomic E-state index is 0.0453. The minimum atomic E-state index is -0.0760. The Balaban J connectivity index is 1.50. The van der Waals surface area contributed by atoms with Gasteiger partial charge in [0.2, 0.25) is 5.91 Å². The van der Waals surface area contributed by atoms with Gasteiger partial charge in [-0.05, 0) is 48.9 Å². The maximum atomic E-state index is 12.8. The number of pyridine rings is 2. The summed E-state index contributed by atoms with van der Waals surface area (Å²) in [4.78, 5) is 36.7. The molecule has 1 saturated heterocycles. The lowest BCUT2D eigenvalue weighted by molar-refractivity contribution is -0.125. The van der Waals surface area contributed by atoms with Gasteiger partial charge in [0.05, 0.1) is 0 Å². The molecular formula is C25H33N5O2. The summed E-state index contributed by atoms with van der Waals surface area (Å²) < 4.78 is 0. The fraction of sp³-hybridized carbons (Fsp3) is 0.480. The second-order valence-corrected chi connectivity index (χ2v) is 9.13. The molecule has 2 aromatic heterocycles. The summed E-state index contributed by atoms with van der Waals surface area (Å²) >= 11 is 0. The Kier molecular flexibility index (Phi) is 7.05. The van der Waals surface area contributed by atoms with Crippen LogP contribution in [0.1, 0.15) is 33.1 Å². The summed E-state index contributed by atoms with van der Waals surface area (Å²) in [5, 5.41) is 3.29. The van der Waals surface area contributed by atoms with Crippen LogP contribution in [0.15, 0.2) is 53.7 Å². The van der Waals surface area contributed by atoms with Crippen LogP contribution < -0.4 is 15.8 Å². The molecule has 0 spiro atoms. The molecule has 1 unspecified atom stereocenters. The molecule has 1 amide bonds. The largest absolute Gasteiger partial charge is 0.362 e. The zero-order chi connectivity index (χ0) is 22.5. The fourth-order valence-electron chi connectivity index (χ4n) is 4.18. The number of amides is 1. The summed E-state index contributed by atoms with van der Waals surface area (Å²) in [5.74, 6) is 0.676. The average Bonchev–Trinajstić information content (AvgIpc) is 3.49. The SMILES string of the molecule is CC(C)NC/C=C/C(=O)N1CCC(N(CC2CC2)c2cc(-c3ccncc3)c[nH]c2=O)C1. The smallest absolute Gasteiger partial charge is 0.271 e. The highest BCUT2D eigenvalue weighted by atomic mass is 16.2. The first kappa shape index (κ1) is 22.3. The van der Waals surface area contributed by atoms with Crippen LogP contribution in [0.25, 0.3) is 11.1 Å². The van der Waals surface area contributed by atoms with Crippen LogP contribution in [-0.4, -0.2) is 59.0 Å². The van der Waals surface area contributed by atoms with Crippen LogP contribution in [0.2, 0.25) is 0 Å². The van der Waals surface area contributed by atoms with Gasteiger partial charge >= 0.3 is 0 Å². The summed E-state index contributed by atoms with van der Waals surface area (Å²) in [5.41, 5.74) is 2.61. The quantitative estimate of drug-likeness (QED) is 0.592. The van der Waals surface area contributed by atoms with Crippen LogP contribution in [0, 0.1) is 5.92 Å². The van der Waals surface area contributed by atoms with Crippen molar-refractivity contribution in [3.63, 3.8) is 0 Å². The molecule has 1 atom stereocenters. The van der Waals surface area contributed by atoms with Crippen molar-refractivity contribution in [1.29, 1.82) is 0 Å². The lowest BCUT2D eigenvalue weighted by Crippen LogP contribution is -2.42. The summed E-state index contributed by atoms with van der Waals surface area (Å²) in [6.07, 6.45) is 12.1. The zero-order valence-corrected chi connectivity index (χ0v) is 19.0. The van der Waals surface area contributed by atoms with Gasteiger partial charge in [-0.25, -0.2) is 0 Å². The molecule has 2 aromatic rings. The Labute approximate surface area is 189 Å². The molecule has 2 N–H and O–H groups in total. The van der Waals surface area contributed by atoms with E-state index in [9.17, 15) is 9.59 Å². The van der Waals surface area contributed by atoms with Crippen molar-refractivity contribution in [2.45, 2.75) is 45.2 Å². The van der Waals surface area contributed by atoms with Crippen molar-refractivity contribution in [2.24, 2.45) is 5.92 Å². The van der Waals surface area contributed by atoms with Gasteiger partial charge in [0, 0.05) is 68.5 Å². The van der Waals surface area contributed by atoms with E-state index in [1.165, 1.54) is 12.8 Å². The first-order valence-electron chi connectivity index (χ1n) is 11.6. The summed E-state index contributed by atoms with van der Waals surface area (Å²) in [6.45, 7) is 7.08. The Hall–Kier alpha value is -2.93. The van der Waals surface area contributed by atoms with Gasteiger partial charge in [0.25, 0.3) is 5.56 Å². The van der Waals surface area contributed by atoms with Crippen LogP contribution in [0.3, 0.4) is 0 Å². The van der Waals surface area contributed by atoms with Crippen molar-refractivity contribution in [1.82, 2.24) is 20.2 Å². The predicted molar refractivity (Wildman–Crippen MR) is 128 cm³/mol. The van der Waals surface area contributed by atoms with Crippen molar-refractivity contribution < 1.29 is 4.79 Å². The number of H-pyrrole nitrogens is 1. The van der Waals surface area contributed by atoms with Gasteiger partial charge in [0.1, 0.15) is 5.69 Å². The van der Waals surface area contributed by atoms with E-state index < -0.39 is 0 Å². The molecule has 3 heterocycles. The molecule has 0 bridgehead atoms. The number of rotatable bonds is 9. The molecule has 2 fully saturated rings. The van der Waals surface area contributed by atoms with E-state index >= 15 is 0 Å². The van der Waals surface area contributed by atoms with E-state index in [-0.39, 0.29) is 17.5 Å². The molecule has 170 valence electrons. The Morgan fingerprint density at radius 2 is 2.06 bits per heavy atom. The Bertz CT molecular complexity index is 997. The van der Waals surface area contributed by atoms with Gasteiger partial charge in [-0.3, -0.25) is 14.6 Å². The molecule has 7 nitrogen and oxygen atoms in total. The molecular weight excluding hydrogens is 402 g/mol. The fourth-order valence-corrected chi connectivity index (χ4v) is 4.18. The lowest BCUT2D eigenvalue weighted by Gasteiger charge is -2.31.